The second-order valence-corrected chi connectivity index (χ2v) is 19.4. The maximum atomic E-state index is 13.4. The van der Waals surface area contributed by atoms with Crippen LogP contribution in [0.15, 0.2) is 169 Å². The van der Waals surface area contributed by atoms with Crippen LogP contribution >= 0.6 is 23.2 Å². The van der Waals surface area contributed by atoms with Crippen LogP contribution < -0.4 is 25.0 Å². The molecule has 0 saturated carbocycles. The standard InChI is InChI=1S/2C26H22ClN3O6S.Ba/c2*1-3-36-22-11-7-6-10-20(22)28-26(32)18-13-16-8-4-5-9-17(16)24(25(18)31)30-29-21-14-23(37(33,34)35)15(2)12-19(21)27;/h2*4-14,31H,3H2,1-2H3,(H,28,32)(H,33,34,35);/q;;+2/p-2. The number of nitrogens with zero attached hydrogens (tertiary/aromatic N) is 5. The Balaban J connectivity index is 0.000000241. The maximum Gasteiger partial charge on any atom is 2.00 e. The fourth-order valence-corrected chi connectivity index (χ4v) is 9.36. The Morgan fingerprint density at radius 1 is 0.613 bits per heavy atom. The van der Waals surface area contributed by atoms with Crippen LogP contribution in [0.3, 0.4) is 0 Å². The van der Waals surface area contributed by atoms with E-state index in [4.69, 9.17) is 32.7 Å². The average Bonchev–Trinajstić information content (AvgIpc) is 3.34. The maximum absolute atomic E-state index is 13.4. The van der Waals surface area contributed by atoms with Crippen LogP contribution in [0.4, 0.5) is 34.1 Å². The number of para-hydroxylation sites is 4. The van der Waals surface area contributed by atoms with E-state index in [1.807, 2.05) is 6.92 Å². The Kier molecular flexibility index (Phi) is 19.3. The summed E-state index contributed by atoms with van der Waals surface area (Å²) < 4.78 is 76.8. The molecule has 0 heterocycles. The number of aromatic hydroxyl groups is 1. The summed E-state index contributed by atoms with van der Waals surface area (Å²) in [6, 6.07) is 35.0. The van der Waals surface area contributed by atoms with E-state index in [0.29, 0.717) is 51.9 Å². The summed E-state index contributed by atoms with van der Waals surface area (Å²) in [5.74, 6) is -1.68. The van der Waals surface area contributed by atoms with Crippen LogP contribution in [-0.4, -0.2) is 105 Å². The van der Waals surface area contributed by atoms with Gasteiger partial charge in [0.2, 0.25) is 0 Å². The number of phenolic OH excluding ortho intramolecular Hbond substituents is 1. The van der Waals surface area contributed by atoms with Gasteiger partial charge in [-0.05, 0) is 122 Å². The molecule has 0 aliphatic carbocycles. The third kappa shape index (κ3) is 13.7. The van der Waals surface area contributed by atoms with Crippen molar-refractivity contribution in [2.45, 2.75) is 37.5 Å². The number of ether oxygens (including phenoxy) is 2. The van der Waals surface area contributed by atoms with Gasteiger partial charge in [0.15, 0.2) is 5.75 Å². The van der Waals surface area contributed by atoms with Crippen LogP contribution in [0.25, 0.3) is 21.5 Å². The van der Waals surface area contributed by atoms with Gasteiger partial charge in [-0.3, -0.25) is 18.9 Å². The van der Waals surface area contributed by atoms with Gasteiger partial charge in [0.1, 0.15) is 34.2 Å². The normalized spacial score (nSPS) is 11.9. The summed E-state index contributed by atoms with van der Waals surface area (Å²) >= 11 is 12.4. The van der Waals surface area contributed by atoms with Gasteiger partial charge in [0.05, 0.1) is 50.0 Å². The second-order valence-electron chi connectivity index (χ2n) is 15.9. The fourth-order valence-electron chi connectivity index (χ4n) is 7.40. The Bertz CT molecular complexity index is 3830. The van der Waals surface area contributed by atoms with Crippen molar-refractivity contribution in [3.63, 3.8) is 0 Å². The van der Waals surface area contributed by atoms with Crippen molar-refractivity contribution < 1.29 is 55.5 Å². The predicted molar refractivity (Wildman–Crippen MR) is 284 cm³/mol. The quantitative estimate of drug-likeness (QED) is 0.0260. The number of aliphatic imine (C=N–C) groups is 1. The molecule has 4 N–H and O–H groups in total. The van der Waals surface area contributed by atoms with Gasteiger partial charge in [-0.1, -0.05) is 102 Å². The van der Waals surface area contributed by atoms with Crippen molar-refractivity contribution in [1.82, 2.24) is 0 Å². The molecule has 8 rings (SSSR count). The minimum atomic E-state index is -4.54. The zero-order valence-corrected chi connectivity index (χ0v) is 47.7. The molecule has 1 amide bonds. The molecule has 0 radical (unpaired) electrons. The molecule has 0 unspecified atom stereocenters. The number of aryl methyl sites for hydroxylation is 2. The van der Waals surface area contributed by atoms with E-state index < -0.39 is 48.4 Å². The molecule has 8 aromatic rings. The van der Waals surface area contributed by atoms with Crippen LogP contribution in [0.5, 0.6) is 23.0 Å². The average molecular weight is 1220 g/mol. The summed E-state index contributed by atoms with van der Waals surface area (Å²) in [4.78, 5) is 16.5. The zero-order chi connectivity index (χ0) is 53.5. The first kappa shape index (κ1) is 57.9. The molecule has 18 nitrogen and oxygen atoms in total. The molecule has 23 heteroatoms. The van der Waals surface area contributed by atoms with Crippen molar-refractivity contribution in [2.24, 2.45) is 25.4 Å². The number of phenols is 1. The van der Waals surface area contributed by atoms with Gasteiger partial charge >= 0.3 is 48.9 Å². The third-order valence-electron chi connectivity index (χ3n) is 10.8. The van der Waals surface area contributed by atoms with Gasteiger partial charge < -0.3 is 30.1 Å². The Labute approximate surface area is 481 Å². The first-order valence-corrected chi connectivity index (χ1v) is 25.7. The second kappa shape index (κ2) is 25.0. The number of azo groups is 2. The van der Waals surface area contributed by atoms with Crippen molar-refractivity contribution in [1.29, 1.82) is 0 Å². The summed E-state index contributed by atoms with van der Waals surface area (Å²) in [6.45, 7) is 7.33. The van der Waals surface area contributed by atoms with E-state index in [1.165, 1.54) is 38.1 Å². The molecule has 0 bridgehead atoms. The summed E-state index contributed by atoms with van der Waals surface area (Å²) in [5.41, 5.74) is 0.530. The number of hydrogen-bond donors (Lipinski definition) is 4. The first-order valence-electron chi connectivity index (χ1n) is 22.1. The molecule has 0 saturated heterocycles. The van der Waals surface area contributed by atoms with E-state index in [-0.39, 0.29) is 115 Å². The zero-order valence-electron chi connectivity index (χ0n) is 40.1. The Morgan fingerprint density at radius 3 is 1.61 bits per heavy atom. The number of carbonyl (C=O) groups is 1. The number of anilines is 1. The summed E-state index contributed by atoms with van der Waals surface area (Å²) in [5, 5.41) is 58.7. The molecule has 0 aliphatic rings. The molecule has 380 valence electrons. The Morgan fingerprint density at radius 2 is 1.07 bits per heavy atom. The number of halogens is 2. The van der Waals surface area contributed by atoms with Gasteiger partial charge in [-0.25, -0.2) is 0 Å². The van der Waals surface area contributed by atoms with E-state index in [0.717, 1.165) is 12.1 Å². The third-order valence-corrected chi connectivity index (χ3v) is 13.4. The molecule has 0 aliphatic heterocycles. The summed E-state index contributed by atoms with van der Waals surface area (Å²) in [7, 11) is -9.07. The van der Waals surface area contributed by atoms with Crippen molar-refractivity contribution >= 4 is 160 Å². The van der Waals surface area contributed by atoms with Gasteiger partial charge in [0, 0.05) is 10.8 Å². The van der Waals surface area contributed by atoms with Gasteiger partial charge in [-0.2, -0.15) is 21.9 Å². The fraction of sp³-hybridized carbons (Fsp3) is 0.115. The van der Waals surface area contributed by atoms with Gasteiger partial charge in [-0.15, -0.1) is 15.3 Å². The molecular weight excluding hydrogens is 1170 g/mol. The molecular formula is C52H42BaCl2N6O12S2. The first-order chi connectivity index (χ1) is 35.2. The van der Waals surface area contributed by atoms with Crippen molar-refractivity contribution in [2.75, 3.05) is 18.5 Å². The summed E-state index contributed by atoms with van der Waals surface area (Å²) in [6.07, 6.45) is 0. The number of benzene rings is 8. The van der Waals surface area contributed by atoms with Crippen molar-refractivity contribution in [3.05, 3.63) is 166 Å². The number of rotatable bonds is 14. The monoisotopic (exact) mass is 1210 g/mol. The largest absolute Gasteiger partial charge is 2.00 e. The van der Waals surface area contributed by atoms with E-state index >= 15 is 0 Å². The number of nitrogens with one attached hydrogen (secondary N) is 1. The van der Waals surface area contributed by atoms with Crippen LogP contribution in [0.1, 0.15) is 40.9 Å². The molecule has 0 spiro atoms. The number of fused-ring (bicyclic) bond motifs is 2. The van der Waals surface area contributed by atoms with Crippen LogP contribution in [0.2, 0.25) is 10.0 Å². The molecule has 0 fully saturated rings. The molecule has 0 atom stereocenters. The molecule has 0 aromatic heterocycles. The van der Waals surface area contributed by atoms with Gasteiger partial charge in [0.25, 0.3) is 26.1 Å². The minimum absolute atomic E-state index is 0. The SMILES string of the molecule is CCOc1ccccc1N=C([O-])c1cc2ccccc2c(N=Nc2cc(S(=O)(=O)O)c(C)cc2Cl)c1[O-].CCOc1ccccc1NC(=O)c1cc2ccccc2c(N=Nc2cc(S(=O)(=O)O)c(C)cc2Cl)c1O.[Ba+2]. The van der Waals surface area contributed by atoms with E-state index in [1.54, 1.807) is 104 Å². The number of carbonyl (C=O) groups excluding carboxylic acids is 1. The van der Waals surface area contributed by atoms with E-state index in [2.05, 4.69) is 30.8 Å². The van der Waals surface area contributed by atoms with E-state index in [9.17, 15) is 46.1 Å². The minimum Gasteiger partial charge on any atom is -0.871 e. The molecule has 8 aromatic carbocycles. The van der Waals surface area contributed by atoms with Crippen molar-refractivity contribution in [3.8, 4) is 23.0 Å². The topological polar surface area (TPSA) is 284 Å². The molecule has 75 heavy (non-hydrogen) atoms. The van der Waals surface area contributed by atoms with Crippen LogP contribution in [0, 0.1) is 13.8 Å². The smallest absolute Gasteiger partial charge is 0.871 e. The van der Waals surface area contributed by atoms with Crippen LogP contribution in [-0.2, 0) is 20.2 Å². The predicted octanol–water partition coefficient (Wildman–Crippen LogP) is 11.8. The Hall–Kier alpha value is -6.41. The number of amides is 1. The number of hydrogen-bond acceptors (Lipinski definition) is 15.